The minimum absolute atomic E-state index is 0.900. The predicted octanol–water partition coefficient (Wildman–Crippen LogP) is 7.82. The minimum atomic E-state index is 0.900. The molecule has 7 rings (SSSR count). The normalized spacial score (nSPS) is 11.6. The zero-order valence-corrected chi connectivity index (χ0v) is 17.7. The number of nitrogens with one attached hydrogen (secondary N) is 1. The number of rotatable bonds is 3. The van der Waals surface area contributed by atoms with E-state index in [1.165, 1.54) is 16.3 Å². The number of para-hydroxylation sites is 2. The Morgan fingerprint density at radius 3 is 2.24 bits per heavy atom. The van der Waals surface area contributed by atoms with Crippen molar-refractivity contribution in [3.8, 4) is 5.69 Å². The molecule has 0 atom stereocenters. The van der Waals surface area contributed by atoms with Crippen LogP contribution in [-0.4, -0.2) is 9.55 Å². The lowest BCUT2D eigenvalue weighted by atomic mass is 10.1. The molecule has 4 aromatic carbocycles. The van der Waals surface area contributed by atoms with Crippen LogP contribution in [0.5, 0.6) is 0 Å². The van der Waals surface area contributed by atoms with Gasteiger partial charge in [0, 0.05) is 44.8 Å². The maximum absolute atomic E-state index is 5.95. The smallest absolute Gasteiger partial charge is 0.135 e. The first-order chi connectivity index (χ1) is 16.3. The molecule has 3 heterocycles. The molecule has 0 saturated carbocycles. The third kappa shape index (κ3) is 2.81. The van der Waals surface area contributed by atoms with Gasteiger partial charge in [-0.1, -0.05) is 36.4 Å². The lowest BCUT2D eigenvalue weighted by Crippen LogP contribution is -1.95. The number of hydrogen-bond acceptors (Lipinski definition) is 3. The predicted molar refractivity (Wildman–Crippen MR) is 136 cm³/mol. The van der Waals surface area contributed by atoms with E-state index in [0.717, 1.165) is 44.5 Å². The Hall–Kier alpha value is -4.57. The lowest BCUT2D eigenvalue weighted by molar-refractivity contribution is 0.669. The molecular weight excluding hydrogens is 406 g/mol. The van der Waals surface area contributed by atoms with Crippen molar-refractivity contribution in [1.82, 2.24) is 9.55 Å². The van der Waals surface area contributed by atoms with E-state index in [4.69, 9.17) is 4.42 Å². The molecule has 0 fully saturated rings. The molecule has 33 heavy (non-hydrogen) atoms. The average Bonchev–Trinajstić information content (AvgIpc) is 3.40. The van der Waals surface area contributed by atoms with Crippen molar-refractivity contribution in [2.75, 3.05) is 5.32 Å². The lowest BCUT2D eigenvalue weighted by Gasteiger charge is -2.10. The summed E-state index contributed by atoms with van der Waals surface area (Å²) in [5.41, 5.74) is 7.27. The SMILES string of the molecule is c1ccc2c(c1)oc1ccc(Nc3ccc(-n4c5ccccc5c5ccncc54)cc3)cc12. The fourth-order valence-corrected chi connectivity index (χ4v) is 4.76. The molecular formula is C29H19N3O. The van der Waals surface area contributed by atoms with E-state index in [2.05, 4.69) is 87.7 Å². The monoisotopic (exact) mass is 425 g/mol. The van der Waals surface area contributed by atoms with E-state index in [1.54, 1.807) is 0 Å². The van der Waals surface area contributed by atoms with Gasteiger partial charge in [-0.2, -0.15) is 0 Å². The number of benzene rings is 4. The van der Waals surface area contributed by atoms with Gasteiger partial charge < -0.3 is 14.3 Å². The summed E-state index contributed by atoms with van der Waals surface area (Å²) in [6, 6.07) is 33.5. The molecule has 1 N–H and O–H groups in total. The molecule has 0 saturated heterocycles. The highest BCUT2D eigenvalue weighted by molar-refractivity contribution is 6.09. The van der Waals surface area contributed by atoms with Gasteiger partial charge in [-0.15, -0.1) is 0 Å². The third-order valence-electron chi connectivity index (χ3n) is 6.27. The van der Waals surface area contributed by atoms with Crippen LogP contribution in [0.2, 0.25) is 0 Å². The standard InChI is InChI=1S/C29H19N3O/c1-3-7-26-22(5-1)23-15-16-30-18-27(23)32(26)21-12-9-19(10-13-21)31-20-11-14-29-25(17-20)24-6-2-4-8-28(24)33-29/h1-18,31H. The Morgan fingerprint density at radius 1 is 0.606 bits per heavy atom. The molecule has 7 aromatic rings. The van der Waals surface area contributed by atoms with E-state index in [-0.39, 0.29) is 0 Å². The summed E-state index contributed by atoms with van der Waals surface area (Å²) in [7, 11) is 0. The molecule has 0 unspecified atom stereocenters. The van der Waals surface area contributed by atoms with Crippen LogP contribution < -0.4 is 5.32 Å². The van der Waals surface area contributed by atoms with Crippen molar-refractivity contribution in [1.29, 1.82) is 0 Å². The van der Waals surface area contributed by atoms with Gasteiger partial charge in [-0.25, -0.2) is 0 Å². The van der Waals surface area contributed by atoms with Gasteiger partial charge in [0.15, 0.2) is 0 Å². The van der Waals surface area contributed by atoms with Gasteiger partial charge in [-0.3, -0.25) is 4.98 Å². The Kier molecular flexibility index (Phi) is 3.81. The molecule has 0 aliphatic rings. The van der Waals surface area contributed by atoms with E-state index in [0.29, 0.717) is 0 Å². The fraction of sp³-hybridized carbons (Fsp3) is 0. The van der Waals surface area contributed by atoms with E-state index in [1.807, 2.05) is 36.7 Å². The Labute approximate surface area is 189 Å². The Bertz CT molecular complexity index is 1740. The molecule has 0 spiro atoms. The second-order valence-corrected chi connectivity index (χ2v) is 8.23. The van der Waals surface area contributed by atoms with Crippen LogP contribution in [0.3, 0.4) is 0 Å². The van der Waals surface area contributed by atoms with Gasteiger partial charge in [0.1, 0.15) is 11.2 Å². The van der Waals surface area contributed by atoms with Crippen LogP contribution in [0.25, 0.3) is 49.4 Å². The van der Waals surface area contributed by atoms with Gasteiger partial charge in [-0.05, 0) is 60.7 Å². The van der Waals surface area contributed by atoms with Crippen LogP contribution in [0.4, 0.5) is 11.4 Å². The van der Waals surface area contributed by atoms with Crippen LogP contribution in [0.1, 0.15) is 0 Å². The van der Waals surface area contributed by atoms with Crippen LogP contribution in [0.15, 0.2) is 114 Å². The topological polar surface area (TPSA) is 43.0 Å². The summed E-state index contributed by atoms with van der Waals surface area (Å²) in [5, 5.41) is 8.23. The zero-order chi connectivity index (χ0) is 21.8. The minimum Gasteiger partial charge on any atom is -0.456 e. The molecule has 0 aliphatic carbocycles. The van der Waals surface area contributed by atoms with Gasteiger partial charge in [0.25, 0.3) is 0 Å². The summed E-state index contributed by atoms with van der Waals surface area (Å²) < 4.78 is 8.22. The number of nitrogens with zero attached hydrogens (tertiary/aromatic N) is 2. The quantitative estimate of drug-likeness (QED) is 0.314. The Balaban J connectivity index is 1.27. The molecule has 3 aromatic heterocycles. The number of aromatic nitrogens is 2. The number of furan rings is 1. The summed E-state index contributed by atoms with van der Waals surface area (Å²) in [6.45, 7) is 0. The largest absolute Gasteiger partial charge is 0.456 e. The van der Waals surface area contributed by atoms with Crippen molar-refractivity contribution in [3.05, 3.63) is 109 Å². The van der Waals surface area contributed by atoms with Crippen molar-refractivity contribution in [2.24, 2.45) is 0 Å². The number of pyridine rings is 1. The van der Waals surface area contributed by atoms with E-state index in [9.17, 15) is 0 Å². The first kappa shape index (κ1) is 18.0. The molecule has 0 amide bonds. The van der Waals surface area contributed by atoms with Crippen LogP contribution in [-0.2, 0) is 0 Å². The number of anilines is 2. The van der Waals surface area contributed by atoms with Crippen molar-refractivity contribution >= 4 is 55.1 Å². The van der Waals surface area contributed by atoms with Gasteiger partial charge in [0.2, 0.25) is 0 Å². The summed E-state index contributed by atoms with van der Waals surface area (Å²) in [6.07, 6.45) is 3.79. The molecule has 0 aliphatic heterocycles. The molecule has 0 bridgehead atoms. The van der Waals surface area contributed by atoms with Crippen LogP contribution in [0, 0.1) is 0 Å². The Morgan fingerprint density at radius 2 is 1.33 bits per heavy atom. The highest BCUT2D eigenvalue weighted by Gasteiger charge is 2.12. The van der Waals surface area contributed by atoms with Crippen molar-refractivity contribution < 1.29 is 4.42 Å². The highest BCUT2D eigenvalue weighted by atomic mass is 16.3. The summed E-state index contributed by atoms with van der Waals surface area (Å²) in [5.74, 6) is 0. The maximum Gasteiger partial charge on any atom is 0.135 e. The zero-order valence-electron chi connectivity index (χ0n) is 17.7. The summed E-state index contributed by atoms with van der Waals surface area (Å²) >= 11 is 0. The average molecular weight is 425 g/mol. The molecule has 0 radical (unpaired) electrons. The van der Waals surface area contributed by atoms with Gasteiger partial charge in [0.05, 0.1) is 17.2 Å². The summed E-state index contributed by atoms with van der Waals surface area (Å²) in [4.78, 5) is 4.37. The highest BCUT2D eigenvalue weighted by Crippen LogP contribution is 2.33. The third-order valence-corrected chi connectivity index (χ3v) is 6.27. The maximum atomic E-state index is 5.95. The second kappa shape index (κ2) is 6.97. The number of fused-ring (bicyclic) bond motifs is 6. The van der Waals surface area contributed by atoms with E-state index < -0.39 is 0 Å². The second-order valence-electron chi connectivity index (χ2n) is 8.23. The van der Waals surface area contributed by atoms with Crippen LogP contribution >= 0.6 is 0 Å². The molecule has 4 heteroatoms. The van der Waals surface area contributed by atoms with E-state index >= 15 is 0 Å². The fourth-order valence-electron chi connectivity index (χ4n) is 4.76. The first-order valence-electron chi connectivity index (χ1n) is 11.0. The number of hydrogen-bond donors (Lipinski definition) is 1. The molecule has 156 valence electrons. The first-order valence-corrected chi connectivity index (χ1v) is 11.0. The van der Waals surface area contributed by atoms with Crippen molar-refractivity contribution in [2.45, 2.75) is 0 Å². The molecule has 4 nitrogen and oxygen atoms in total. The van der Waals surface area contributed by atoms with Crippen molar-refractivity contribution in [3.63, 3.8) is 0 Å². The van der Waals surface area contributed by atoms with Gasteiger partial charge >= 0.3 is 0 Å².